The molecule has 4 N–H and O–H groups in total. The van der Waals surface area contributed by atoms with E-state index in [0.29, 0.717) is 17.2 Å². The fourth-order valence-electron chi connectivity index (χ4n) is 2.41. The number of nitrogen functional groups attached to an aromatic ring is 1. The Morgan fingerprint density at radius 2 is 2.35 bits per heavy atom. The monoisotopic (exact) mass is 281 g/mol. The average molecular weight is 281 g/mol. The van der Waals surface area contributed by atoms with Gasteiger partial charge in [0.1, 0.15) is 11.4 Å². The van der Waals surface area contributed by atoms with E-state index in [1.54, 1.807) is 4.68 Å². The molecule has 1 fully saturated rings. The van der Waals surface area contributed by atoms with E-state index in [1.165, 1.54) is 7.11 Å². The van der Waals surface area contributed by atoms with Crippen LogP contribution in [0.3, 0.4) is 0 Å². The highest BCUT2D eigenvalue weighted by Gasteiger charge is 2.26. The van der Waals surface area contributed by atoms with E-state index >= 15 is 0 Å². The van der Waals surface area contributed by atoms with E-state index in [4.69, 9.17) is 10.5 Å². The summed E-state index contributed by atoms with van der Waals surface area (Å²) in [5.74, 6) is 0.399. The summed E-state index contributed by atoms with van der Waals surface area (Å²) < 4.78 is 6.46. The zero-order valence-corrected chi connectivity index (χ0v) is 12.3. The van der Waals surface area contributed by atoms with E-state index in [1.807, 2.05) is 13.8 Å². The van der Waals surface area contributed by atoms with Crippen LogP contribution in [0.5, 0.6) is 0 Å². The molecular weight excluding hydrogens is 258 g/mol. The van der Waals surface area contributed by atoms with Gasteiger partial charge in [-0.2, -0.15) is 5.10 Å². The third kappa shape index (κ3) is 2.87. The molecule has 1 saturated heterocycles. The second kappa shape index (κ2) is 6.13. The molecule has 1 aromatic rings. The first kappa shape index (κ1) is 14.6. The van der Waals surface area contributed by atoms with Gasteiger partial charge < -0.3 is 21.1 Å². The quantitative estimate of drug-likeness (QED) is 0.713. The number of carbonyl (C=O) groups excluding carboxylic acids is 1. The molecule has 2 rings (SSSR count). The van der Waals surface area contributed by atoms with Crippen LogP contribution in [0, 0.1) is 0 Å². The summed E-state index contributed by atoms with van der Waals surface area (Å²) in [6.45, 7) is 5.83. The molecular formula is C13H23N5O2. The van der Waals surface area contributed by atoms with E-state index in [9.17, 15) is 4.79 Å². The zero-order chi connectivity index (χ0) is 14.7. The number of nitrogens with two attached hydrogens (primary N) is 1. The number of ether oxygens (including phenoxy) is 1. The summed E-state index contributed by atoms with van der Waals surface area (Å²) in [4.78, 5) is 11.9. The summed E-state index contributed by atoms with van der Waals surface area (Å²) in [5.41, 5.74) is 6.36. The Labute approximate surface area is 118 Å². The molecule has 2 heterocycles. The Morgan fingerprint density at radius 3 is 2.90 bits per heavy atom. The maximum atomic E-state index is 11.9. The molecule has 112 valence electrons. The minimum atomic E-state index is -0.458. The molecule has 0 spiro atoms. The molecule has 7 heteroatoms. The van der Waals surface area contributed by atoms with Crippen LogP contribution < -0.4 is 16.4 Å². The average Bonchev–Trinajstić information content (AvgIpc) is 2.76. The van der Waals surface area contributed by atoms with Crippen LogP contribution in [0.25, 0.3) is 0 Å². The molecule has 1 atom stereocenters. The van der Waals surface area contributed by atoms with Crippen molar-refractivity contribution in [2.75, 3.05) is 31.2 Å². The van der Waals surface area contributed by atoms with E-state index in [2.05, 4.69) is 15.7 Å². The van der Waals surface area contributed by atoms with Gasteiger partial charge in [0, 0.05) is 18.6 Å². The van der Waals surface area contributed by atoms with Crippen molar-refractivity contribution in [3.63, 3.8) is 0 Å². The highest BCUT2D eigenvalue weighted by atomic mass is 16.5. The van der Waals surface area contributed by atoms with E-state index < -0.39 is 5.97 Å². The fraction of sp³-hybridized carbons (Fsp3) is 0.692. The Morgan fingerprint density at radius 1 is 1.60 bits per heavy atom. The van der Waals surface area contributed by atoms with Crippen LogP contribution in [-0.2, 0) is 4.74 Å². The minimum absolute atomic E-state index is 0.0819. The molecule has 1 aliphatic heterocycles. The molecule has 0 radical (unpaired) electrons. The summed E-state index contributed by atoms with van der Waals surface area (Å²) >= 11 is 0. The number of hydrogen-bond acceptors (Lipinski definition) is 6. The van der Waals surface area contributed by atoms with Gasteiger partial charge in [-0.25, -0.2) is 9.48 Å². The molecule has 0 saturated carbocycles. The van der Waals surface area contributed by atoms with E-state index in [0.717, 1.165) is 25.9 Å². The highest BCUT2D eigenvalue weighted by molar-refractivity contribution is 5.99. The van der Waals surface area contributed by atoms with E-state index in [-0.39, 0.29) is 12.1 Å². The van der Waals surface area contributed by atoms with Crippen molar-refractivity contribution >= 4 is 17.6 Å². The molecule has 0 aromatic carbocycles. The van der Waals surface area contributed by atoms with Gasteiger partial charge in [0.25, 0.3) is 0 Å². The molecule has 0 aliphatic carbocycles. The summed E-state index contributed by atoms with van der Waals surface area (Å²) in [7, 11) is 1.35. The maximum Gasteiger partial charge on any atom is 0.345 e. The lowest BCUT2D eigenvalue weighted by molar-refractivity contribution is 0.0603. The largest absolute Gasteiger partial charge is 0.465 e. The number of anilines is 2. The van der Waals surface area contributed by atoms with Crippen molar-refractivity contribution in [2.24, 2.45) is 0 Å². The van der Waals surface area contributed by atoms with Gasteiger partial charge >= 0.3 is 5.97 Å². The minimum Gasteiger partial charge on any atom is -0.465 e. The molecule has 20 heavy (non-hydrogen) atoms. The summed E-state index contributed by atoms with van der Waals surface area (Å²) in [6, 6.07) is 0.334. The number of methoxy groups -OCH3 is 1. The van der Waals surface area contributed by atoms with Gasteiger partial charge in [-0.05, 0) is 33.2 Å². The number of piperidine rings is 1. The summed E-state index contributed by atoms with van der Waals surface area (Å²) in [6.07, 6.45) is 2.15. The third-order valence-corrected chi connectivity index (χ3v) is 3.46. The highest BCUT2D eigenvalue weighted by Crippen LogP contribution is 2.26. The molecule has 1 unspecified atom stereocenters. The number of aromatic nitrogens is 2. The molecule has 1 aliphatic rings. The number of esters is 1. The van der Waals surface area contributed by atoms with Crippen LogP contribution >= 0.6 is 0 Å². The van der Waals surface area contributed by atoms with Crippen molar-refractivity contribution in [3.05, 3.63) is 5.56 Å². The van der Waals surface area contributed by atoms with Crippen LogP contribution in [0.2, 0.25) is 0 Å². The molecule has 7 nitrogen and oxygen atoms in total. The van der Waals surface area contributed by atoms with Crippen molar-refractivity contribution in [3.8, 4) is 0 Å². The van der Waals surface area contributed by atoms with Crippen LogP contribution in [-0.4, -0.2) is 42.0 Å². The van der Waals surface area contributed by atoms with Gasteiger partial charge in [-0.3, -0.25) is 0 Å². The van der Waals surface area contributed by atoms with Crippen LogP contribution in [0.4, 0.5) is 11.6 Å². The molecule has 1 aromatic heterocycles. The Balaban J connectivity index is 2.29. The fourth-order valence-corrected chi connectivity index (χ4v) is 2.41. The second-order valence-corrected chi connectivity index (χ2v) is 5.33. The number of hydrogen-bond donors (Lipinski definition) is 3. The first-order chi connectivity index (χ1) is 9.54. The standard InChI is InChI=1S/C13H23N5O2/c1-8(2)18-11(14)10(13(19)20-3)12(17-18)16-9-5-4-6-15-7-9/h8-9,15H,4-7,14H2,1-3H3,(H,16,17). The van der Waals surface area contributed by atoms with Gasteiger partial charge in [-0.15, -0.1) is 0 Å². The van der Waals surface area contributed by atoms with Crippen molar-refractivity contribution in [1.29, 1.82) is 0 Å². The Kier molecular flexibility index (Phi) is 4.49. The van der Waals surface area contributed by atoms with Gasteiger partial charge in [0.15, 0.2) is 5.82 Å². The smallest absolute Gasteiger partial charge is 0.345 e. The molecule has 0 amide bonds. The number of carbonyl (C=O) groups is 1. The molecule has 0 bridgehead atoms. The predicted octanol–water partition coefficient (Wildman–Crippen LogP) is 0.997. The lowest BCUT2D eigenvalue weighted by Crippen LogP contribution is -2.38. The summed E-state index contributed by atoms with van der Waals surface area (Å²) in [5, 5.41) is 11.0. The van der Waals surface area contributed by atoms with Crippen molar-refractivity contribution < 1.29 is 9.53 Å². The van der Waals surface area contributed by atoms with Crippen molar-refractivity contribution in [2.45, 2.75) is 38.8 Å². The van der Waals surface area contributed by atoms with Crippen LogP contribution in [0.15, 0.2) is 0 Å². The second-order valence-electron chi connectivity index (χ2n) is 5.33. The first-order valence-corrected chi connectivity index (χ1v) is 6.98. The lowest BCUT2D eigenvalue weighted by atomic mass is 10.1. The normalized spacial score (nSPS) is 19.1. The van der Waals surface area contributed by atoms with Gasteiger partial charge in [0.05, 0.1) is 7.11 Å². The number of nitrogens with one attached hydrogen (secondary N) is 2. The maximum absolute atomic E-state index is 11.9. The third-order valence-electron chi connectivity index (χ3n) is 3.46. The predicted molar refractivity (Wildman–Crippen MR) is 77.9 cm³/mol. The number of rotatable bonds is 4. The lowest BCUT2D eigenvalue weighted by Gasteiger charge is -2.24. The van der Waals surface area contributed by atoms with Gasteiger partial charge in [-0.1, -0.05) is 0 Å². The Bertz CT molecular complexity index is 477. The van der Waals surface area contributed by atoms with Crippen LogP contribution in [0.1, 0.15) is 43.1 Å². The Hall–Kier alpha value is -1.76. The van der Waals surface area contributed by atoms with Gasteiger partial charge in [0.2, 0.25) is 0 Å². The topological polar surface area (TPSA) is 94.2 Å². The number of nitrogens with zero attached hydrogens (tertiary/aromatic N) is 2. The SMILES string of the molecule is COC(=O)c1c(NC2CCCNC2)nn(C(C)C)c1N. The zero-order valence-electron chi connectivity index (χ0n) is 12.3. The first-order valence-electron chi connectivity index (χ1n) is 6.98. The van der Waals surface area contributed by atoms with Crippen molar-refractivity contribution in [1.82, 2.24) is 15.1 Å².